The van der Waals surface area contributed by atoms with Gasteiger partial charge in [-0.2, -0.15) is 16.2 Å². The van der Waals surface area contributed by atoms with E-state index in [2.05, 4.69) is 9.97 Å². The van der Waals surface area contributed by atoms with Crippen molar-refractivity contribution in [1.29, 1.82) is 0 Å². The fourth-order valence-electron chi connectivity index (χ4n) is 2.01. The van der Waals surface area contributed by atoms with Crippen molar-refractivity contribution in [3.8, 4) is 11.4 Å². The van der Waals surface area contributed by atoms with E-state index < -0.39 is 27.8 Å². The molecule has 5 nitrogen and oxygen atoms in total. The van der Waals surface area contributed by atoms with Crippen LogP contribution in [0.5, 0.6) is 0 Å². The summed E-state index contributed by atoms with van der Waals surface area (Å²) in [5, 5.41) is 10.9. The predicted molar refractivity (Wildman–Crippen MR) is 74.0 cm³/mol. The fourth-order valence-corrected chi connectivity index (χ4v) is 3.39. The Morgan fingerprint density at radius 1 is 1.29 bits per heavy atom. The number of hydrogen-bond donors (Lipinski definition) is 0. The van der Waals surface area contributed by atoms with Crippen LogP contribution in [0.4, 0.5) is 14.5 Å². The number of thioether (sulfide) groups is 1. The predicted octanol–water partition coefficient (Wildman–Crippen LogP) is 3.73. The molecule has 0 saturated heterocycles. The lowest BCUT2D eigenvalue weighted by molar-refractivity contribution is -0.387. The first-order valence-corrected chi connectivity index (χ1v) is 7.28. The maximum atomic E-state index is 14.1. The molecule has 0 aliphatic carbocycles. The topological polar surface area (TPSA) is 68.9 Å². The molecule has 0 radical (unpaired) electrons. The molecule has 9 heteroatoms. The average Bonchev–Trinajstić information content (AvgIpc) is 2.87. The van der Waals surface area contributed by atoms with E-state index >= 15 is 0 Å². The third-order valence-electron chi connectivity index (χ3n) is 3.02. The zero-order chi connectivity index (χ0) is 15.1. The van der Waals surface area contributed by atoms with Gasteiger partial charge in [0.15, 0.2) is 5.82 Å². The number of aromatic nitrogens is 2. The Morgan fingerprint density at radius 3 is 2.76 bits per heavy atom. The summed E-state index contributed by atoms with van der Waals surface area (Å²) in [6, 6.07) is 1.58. The van der Waals surface area contributed by atoms with Gasteiger partial charge in [0.2, 0.25) is 5.82 Å². The van der Waals surface area contributed by atoms with Crippen molar-refractivity contribution in [2.45, 2.75) is 11.5 Å². The summed E-state index contributed by atoms with van der Waals surface area (Å²) in [6.07, 6.45) is 0. The molecule has 0 saturated carbocycles. The number of fused-ring (bicyclic) bond motifs is 1. The van der Waals surface area contributed by atoms with Gasteiger partial charge in [0, 0.05) is 23.1 Å². The zero-order valence-electron chi connectivity index (χ0n) is 10.3. The molecule has 1 aromatic heterocycles. The van der Waals surface area contributed by atoms with Crippen LogP contribution >= 0.6 is 23.4 Å². The number of benzene rings is 1. The highest BCUT2D eigenvalue weighted by Gasteiger charge is 2.27. The van der Waals surface area contributed by atoms with Crippen LogP contribution in [0.3, 0.4) is 0 Å². The molecule has 0 unspecified atom stereocenters. The van der Waals surface area contributed by atoms with Gasteiger partial charge in [0.05, 0.1) is 16.2 Å². The van der Waals surface area contributed by atoms with Crippen molar-refractivity contribution in [2.24, 2.45) is 0 Å². The molecule has 0 spiro atoms. The van der Waals surface area contributed by atoms with Gasteiger partial charge in [-0.3, -0.25) is 10.1 Å². The summed E-state index contributed by atoms with van der Waals surface area (Å²) in [5.74, 6) is -1.36. The summed E-state index contributed by atoms with van der Waals surface area (Å²) in [5.41, 5.74) is -0.135. The lowest BCUT2D eigenvalue weighted by Crippen LogP contribution is -2.03. The molecule has 1 aliphatic heterocycles. The Bertz CT molecular complexity index is 773. The number of halogens is 3. The average molecular weight is 330 g/mol. The quantitative estimate of drug-likeness (QED) is 0.477. The summed E-state index contributed by atoms with van der Waals surface area (Å²) >= 11 is 7.54. The third-order valence-corrected chi connectivity index (χ3v) is 4.30. The van der Waals surface area contributed by atoms with Crippen LogP contribution in [-0.2, 0) is 11.5 Å². The van der Waals surface area contributed by atoms with E-state index in [9.17, 15) is 18.9 Å². The molecule has 0 N–H and O–H groups in total. The van der Waals surface area contributed by atoms with Gasteiger partial charge in [-0.1, -0.05) is 11.6 Å². The van der Waals surface area contributed by atoms with Gasteiger partial charge in [0.25, 0.3) is 0 Å². The van der Waals surface area contributed by atoms with E-state index in [-0.39, 0.29) is 11.0 Å². The molecule has 2 heterocycles. The first kappa shape index (κ1) is 14.2. The number of nitro groups is 1. The Morgan fingerprint density at radius 2 is 2.05 bits per heavy atom. The molecule has 21 heavy (non-hydrogen) atoms. The van der Waals surface area contributed by atoms with Gasteiger partial charge in [0.1, 0.15) is 11.0 Å². The van der Waals surface area contributed by atoms with Crippen LogP contribution in [-0.4, -0.2) is 14.9 Å². The second-order valence-electron chi connectivity index (χ2n) is 4.27. The maximum Gasteiger partial charge on any atom is 0.305 e. The number of rotatable bonds is 2. The summed E-state index contributed by atoms with van der Waals surface area (Å²) in [7, 11) is 0. The number of hydrogen-bond acceptors (Lipinski definition) is 5. The third kappa shape index (κ3) is 2.34. The van der Waals surface area contributed by atoms with E-state index in [0.29, 0.717) is 17.2 Å². The lowest BCUT2D eigenvalue weighted by atomic mass is 10.1. The molecule has 0 bridgehead atoms. The Balaban J connectivity index is 2.24. The molecule has 1 aromatic carbocycles. The van der Waals surface area contributed by atoms with E-state index in [1.54, 1.807) is 11.8 Å². The molecule has 0 atom stereocenters. The lowest BCUT2D eigenvalue weighted by Gasteiger charge is -2.07. The van der Waals surface area contributed by atoms with Crippen molar-refractivity contribution in [3.63, 3.8) is 0 Å². The molecular formula is C12H6ClF2N3O2S. The van der Waals surface area contributed by atoms with Gasteiger partial charge < -0.3 is 0 Å². The molecular weight excluding hydrogens is 324 g/mol. The van der Waals surface area contributed by atoms with Gasteiger partial charge in [-0.05, 0) is 6.07 Å². The highest BCUT2D eigenvalue weighted by Crippen LogP contribution is 2.36. The monoisotopic (exact) mass is 329 g/mol. The first-order chi connectivity index (χ1) is 9.99. The minimum absolute atomic E-state index is 0.116. The number of nitrogens with zero attached hydrogens (tertiary/aromatic N) is 3. The smallest absolute Gasteiger partial charge is 0.258 e. The van der Waals surface area contributed by atoms with E-state index in [1.807, 2.05) is 0 Å². The highest BCUT2D eigenvalue weighted by molar-refractivity contribution is 7.98. The standard InChI is InChI=1S/C12H6ClF2N3O2S/c13-11-5-3-21-4-7(5)16-12(17-11)9-6(14)1-2-8(10(9)15)18(19)20/h1-2H,3-4H2. The van der Waals surface area contributed by atoms with Crippen molar-refractivity contribution >= 4 is 29.1 Å². The first-order valence-electron chi connectivity index (χ1n) is 5.75. The van der Waals surface area contributed by atoms with Crippen LogP contribution in [0, 0.1) is 21.7 Å². The second kappa shape index (κ2) is 5.19. The normalized spacial score (nSPS) is 13.3. The van der Waals surface area contributed by atoms with Crippen molar-refractivity contribution in [3.05, 3.63) is 50.3 Å². The summed E-state index contributed by atoms with van der Waals surface area (Å²) in [6.45, 7) is 0. The summed E-state index contributed by atoms with van der Waals surface area (Å²) in [4.78, 5) is 17.8. The van der Waals surface area contributed by atoms with Gasteiger partial charge >= 0.3 is 5.69 Å². The van der Waals surface area contributed by atoms with Gasteiger partial charge in [-0.25, -0.2) is 14.4 Å². The van der Waals surface area contributed by atoms with Crippen molar-refractivity contribution in [2.75, 3.05) is 0 Å². The molecule has 0 fully saturated rings. The minimum atomic E-state index is -1.30. The van der Waals surface area contributed by atoms with E-state index in [0.717, 1.165) is 17.7 Å². The van der Waals surface area contributed by atoms with E-state index in [1.165, 1.54) is 0 Å². The molecule has 2 aromatic rings. The fraction of sp³-hybridized carbons (Fsp3) is 0.167. The van der Waals surface area contributed by atoms with Crippen LogP contribution in [0.15, 0.2) is 12.1 Å². The summed E-state index contributed by atoms with van der Waals surface area (Å²) < 4.78 is 28.0. The Labute approximate surface area is 126 Å². The van der Waals surface area contributed by atoms with Crippen LogP contribution < -0.4 is 0 Å². The zero-order valence-corrected chi connectivity index (χ0v) is 11.8. The molecule has 0 amide bonds. The molecule has 1 aliphatic rings. The minimum Gasteiger partial charge on any atom is -0.258 e. The second-order valence-corrected chi connectivity index (χ2v) is 5.61. The Kier molecular flexibility index (Phi) is 3.50. The number of nitro benzene ring substituents is 1. The van der Waals surface area contributed by atoms with Gasteiger partial charge in [-0.15, -0.1) is 0 Å². The highest BCUT2D eigenvalue weighted by atomic mass is 35.5. The van der Waals surface area contributed by atoms with Crippen LogP contribution in [0.25, 0.3) is 11.4 Å². The molecule has 108 valence electrons. The van der Waals surface area contributed by atoms with Crippen LogP contribution in [0.2, 0.25) is 5.15 Å². The van der Waals surface area contributed by atoms with Crippen molar-refractivity contribution in [1.82, 2.24) is 9.97 Å². The van der Waals surface area contributed by atoms with Crippen LogP contribution in [0.1, 0.15) is 11.3 Å². The maximum absolute atomic E-state index is 14.1. The largest absolute Gasteiger partial charge is 0.305 e. The molecule has 3 rings (SSSR count). The Hall–Kier alpha value is -1.80. The van der Waals surface area contributed by atoms with Crippen molar-refractivity contribution < 1.29 is 13.7 Å². The van der Waals surface area contributed by atoms with E-state index in [4.69, 9.17) is 11.6 Å². The SMILES string of the molecule is O=[N+]([O-])c1ccc(F)c(-c2nc(Cl)c3c(n2)CSC3)c1F.